The second kappa shape index (κ2) is 5.05. The Morgan fingerprint density at radius 3 is 2.86 bits per heavy atom. The molecule has 7 nitrogen and oxygen atoms in total. The molecular formula is C14H21N5O2. The largest absolute Gasteiger partial charge is 0.439 e. The molecule has 1 unspecified atom stereocenters. The second-order valence-electron chi connectivity index (χ2n) is 6.04. The highest BCUT2D eigenvalue weighted by Crippen LogP contribution is 2.32. The van der Waals surface area contributed by atoms with E-state index in [0.717, 1.165) is 25.2 Å². The molecular weight excluding hydrogens is 270 g/mol. The predicted molar refractivity (Wildman–Crippen MR) is 79.6 cm³/mol. The minimum Gasteiger partial charge on any atom is -0.439 e. The normalized spacial score (nSPS) is 25.4. The molecule has 7 heteroatoms. The zero-order chi connectivity index (χ0) is 15.0. The molecule has 1 aromatic rings. The van der Waals surface area contributed by atoms with Crippen molar-refractivity contribution >= 4 is 17.9 Å². The van der Waals surface area contributed by atoms with Gasteiger partial charge in [-0.15, -0.1) is 0 Å². The summed E-state index contributed by atoms with van der Waals surface area (Å²) in [6.45, 7) is 2.18. The number of aromatic nitrogens is 2. The van der Waals surface area contributed by atoms with Gasteiger partial charge in [0.2, 0.25) is 5.95 Å². The lowest BCUT2D eigenvalue weighted by Crippen LogP contribution is -2.51. The molecule has 0 N–H and O–H groups in total. The summed E-state index contributed by atoms with van der Waals surface area (Å²) in [5.41, 5.74) is -0.415. The summed E-state index contributed by atoms with van der Waals surface area (Å²) in [5.74, 6) is 1.58. The molecule has 2 saturated heterocycles. The second-order valence-corrected chi connectivity index (χ2v) is 6.04. The van der Waals surface area contributed by atoms with Crippen molar-refractivity contribution in [3.8, 4) is 0 Å². The molecule has 2 fully saturated rings. The topological polar surface area (TPSA) is 61.8 Å². The third-order valence-electron chi connectivity index (χ3n) is 4.05. The first kappa shape index (κ1) is 13.9. The third kappa shape index (κ3) is 2.59. The number of anilines is 2. The number of hydrogen-bond donors (Lipinski definition) is 0. The van der Waals surface area contributed by atoms with Crippen LogP contribution in [0.25, 0.3) is 0 Å². The molecule has 1 spiro atoms. The fourth-order valence-electron chi connectivity index (χ4n) is 3.01. The van der Waals surface area contributed by atoms with Gasteiger partial charge in [0.25, 0.3) is 0 Å². The highest BCUT2D eigenvalue weighted by molar-refractivity contribution is 5.70. The molecule has 0 saturated carbocycles. The van der Waals surface area contributed by atoms with Crippen molar-refractivity contribution in [1.82, 2.24) is 14.9 Å². The molecule has 0 bridgehead atoms. The van der Waals surface area contributed by atoms with E-state index in [9.17, 15) is 4.79 Å². The highest BCUT2D eigenvalue weighted by atomic mass is 16.6. The number of carbonyl (C=O) groups is 1. The Labute approximate surface area is 124 Å². The number of ether oxygens (including phenoxy) is 1. The van der Waals surface area contributed by atoms with E-state index in [2.05, 4.69) is 14.9 Å². The van der Waals surface area contributed by atoms with Crippen molar-refractivity contribution in [3.05, 3.63) is 12.3 Å². The van der Waals surface area contributed by atoms with Crippen LogP contribution >= 0.6 is 0 Å². The van der Waals surface area contributed by atoms with Gasteiger partial charge in [-0.25, -0.2) is 9.78 Å². The minimum absolute atomic E-state index is 0.236. The smallest absolute Gasteiger partial charge is 0.410 e. The van der Waals surface area contributed by atoms with E-state index in [1.54, 1.807) is 18.1 Å². The average molecular weight is 291 g/mol. The molecule has 0 aromatic carbocycles. The number of likely N-dealkylation sites (N-methyl/N-ethyl adjacent to an activating group) is 1. The zero-order valence-corrected chi connectivity index (χ0v) is 12.7. The first-order valence-corrected chi connectivity index (χ1v) is 7.19. The van der Waals surface area contributed by atoms with Gasteiger partial charge in [-0.05, 0) is 18.9 Å². The van der Waals surface area contributed by atoms with Gasteiger partial charge in [-0.3, -0.25) is 0 Å². The number of carbonyl (C=O) groups excluding carboxylic acids is 1. The van der Waals surface area contributed by atoms with Crippen molar-refractivity contribution < 1.29 is 9.53 Å². The van der Waals surface area contributed by atoms with Crippen LogP contribution in [-0.4, -0.2) is 67.3 Å². The van der Waals surface area contributed by atoms with Gasteiger partial charge in [-0.1, -0.05) is 0 Å². The molecule has 114 valence electrons. The van der Waals surface area contributed by atoms with E-state index >= 15 is 0 Å². The average Bonchev–Trinajstić information content (AvgIpc) is 2.73. The van der Waals surface area contributed by atoms with Crippen LogP contribution < -0.4 is 9.80 Å². The Hall–Kier alpha value is -2.05. The van der Waals surface area contributed by atoms with Crippen molar-refractivity contribution in [2.45, 2.75) is 18.4 Å². The summed E-state index contributed by atoms with van der Waals surface area (Å²) in [6.07, 6.45) is 3.40. The summed E-state index contributed by atoms with van der Waals surface area (Å²) in [6, 6.07) is 1.88. The molecule has 21 heavy (non-hydrogen) atoms. The van der Waals surface area contributed by atoms with Gasteiger partial charge in [0.15, 0.2) is 0 Å². The first-order chi connectivity index (χ1) is 9.99. The van der Waals surface area contributed by atoms with Crippen molar-refractivity contribution in [2.75, 3.05) is 50.6 Å². The van der Waals surface area contributed by atoms with Crippen LogP contribution in [0.4, 0.5) is 16.6 Å². The summed E-state index contributed by atoms with van der Waals surface area (Å²) in [4.78, 5) is 26.3. The molecule has 1 atom stereocenters. The van der Waals surface area contributed by atoms with Crippen LogP contribution in [0, 0.1) is 0 Å². The van der Waals surface area contributed by atoms with Gasteiger partial charge in [0.1, 0.15) is 11.4 Å². The minimum atomic E-state index is -0.415. The fraction of sp³-hybridized carbons (Fsp3) is 0.643. The van der Waals surface area contributed by atoms with Crippen LogP contribution in [0.3, 0.4) is 0 Å². The van der Waals surface area contributed by atoms with Gasteiger partial charge >= 0.3 is 6.09 Å². The maximum atomic E-state index is 11.7. The zero-order valence-electron chi connectivity index (χ0n) is 12.7. The summed E-state index contributed by atoms with van der Waals surface area (Å²) in [5, 5.41) is 0. The molecule has 3 rings (SSSR count). The molecule has 2 aliphatic rings. The van der Waals surface area contributed by atoms with Crippen LogP contribution in [0.15, 0.2) is 12.3 Å². The number of piperidine rings is 1. The molecule has 2 aliphatic heterocycles. The Balaban J connectivity index is 1.80. The third-order valence-corrected chi connectivity index (χ3v) is 4.05. The van der Waals surface area contributed by atoms with Gasteiger partial charge in [-0.2, -0.15) is 4.98 Å². The lowest BCUT2D eigenvalue weighted by atomic mass is 9.93. The molecule has 0 aliphatic carbocycles. The lowest BCUT2D eigenvalue weighted by Gasteiger charge is -2.38. The van der Waals surface area contributed by atoms with E-state index in [1.807, 2.05) is 25.1 Å². The molecule has 1 aromatic heterocycles. The van der Waals surface area contributed by atoms with E-state index < -0.39 is 5.60 Å². The van der Waals surface area contributed by atoms with Crippen molar-refractivity contribution in [1.29, 1.82) is 0 Å². The Morgan fingerprint density at radius 1 is 1.38 bits per heavy atom. The maximum Gasteiger partial charge on any atom is 0.410 e. The Morgan fingerprint density at radius 2 is 2.19 bits per heavy atom. The monoisotopic (exact) mass is 291 g/mol. The van der Waals surface area contributed by atoms with Gasteiger partial charge in [0.05, 0.1) is 13.1 Å². The van der Waals surface area contributed by atoms with E-state index in [-0.39, 0.29) is 6.09 Å². The van der Waals surface area contributed by atoms with E-state index in [4.69, 9.17) is 4.74 Å². The fourth-order valence-corrected chi connectivity index (χ4v) is 3.01. The maximum absolute atomic E-state index is 11.7. The first-order valence-electron chi connectivity index (χ1n) is 7.19. The SMILES string of the molecule is CN1CC2(CCCN(c3nccc(N(C)C)n3)C2)OC1=O. The molecule has 3 heterocycles. The molecule has 1 amide bonds. The van der Waals surface area contributed by atoms with Crippen LogP contribution in [-0.2, 0) is 4.74 Å². The van der Waals surface area contributed by atoms with E-state index in [0.29, 0.717) is 19.0 Å². The van der Waals surface area contributed by atoms with Crippen molar-refractivity contribution in [3.63, 3.8) is 0 Å². The van der Waals surface area contributed by atoms with Crippen LogP contribution in [0.2, 0.25) is 0 Å². The lowest BCUT2D eigenvalue weighted by molar-refractivity contribution is 0.0443. The standard InChI is InChI=1S/C14H21N5O2/c1-17(2)11-5-7-15-12(16-11)19-8-4-6-14(10-19)9-18(3)13(20)21-14/h5,7H,4,6,8-10H2,1-3H3. The quantitative estimate of drug-likeness (QED) is 0.809. The van der Waals surface area contributed by atoms with E-state index in [1.165, 1.54) is 0 Å². The van der Waals surface area contributed by atoms with Crippen molar-refractivity contribution in [2.24, 2.45) is 0 Å². The number of hydrogen-bond acceptors (Lipinski definition) is 6. The summed E-state index contributed by atoms with van der Waals surface area (Å²) >= 11 is 0. The summed E-state index contributed by atoms with van der Waals surface area (Å²) in [7, 11) is 5.69. The Bertz CT molecular complexity index is 550. The van der Waals surface area contributed by atoms with Crippen LogP contribution in [0.5, 0.6) is 0 Å². The van der Waals surface area contributed by atoms with Gasteiger partial charge in [0, 0.05) is 33.9 Å². The predicted octanol–water partition coefficient (Wildman–Crippen LogP) is 0.964. The number of nitrogens with zero attached hydrogens (tertiary/aromatic N) is 5. The molecule has 0 radical (unpaired) electrons. The number of rotatable bonds is 2. The highest BCUT2D eigenvalue weighted by Gasteiger charge is 2.46. The Kier molecular flexibility index (Phi) is 3.35. The summed E-state index contributed by atoms with van der Waals surface area (Å²) < 4.78 is 5.61. The number of amides is 1. The van der Waals surface area contributed by atoms with Crippen LogP contribution in [0.1, 0.15) is 12.8 Å². The van der Waals surface area contributed by atoms with Gasteiger partial charge < -0.3 is 19.4 Å².